The van der Waals surface area contributed by atoms with Crippen molar-refractivity contribution >= 4 is 23.2 Å². The summed E-state index contributed by atoms with van der Waals surface area (Å²) in [7, 11) is 0. The molecule has 2 heterocycles. The minimum atomic E-state index is 0.359. The second kappa shape index (κ2) is 11.9. The van der Waals surface area contributed by atoms with Crippen molar-refractivity contribution in [1.82, 2.24) is 19.1 Å². The Balaban J connectivity index is 2.13. The van der Waals surface area contributed by atoms with E-state index in [9.17, 15) is 0 Å². The number of imidazole rings is 2. The van der Waals surface area contributed by atoms with Gasteiger partial charge in [-0.15, -0.1) is 11.8 Å². The Labute approximate surface area is 168 Å². The number of aromatic nitrogens is 4. The molecule has 0 N–H and O–H groups in total. The Morgan fingerprint density at radius 3 is 1.59 bits per heavy atom. The maximum atomic E-state index is 4.40. The van der Waals surface area contributed by atoms with Gasteiger partial charge in [-0.3, -0.25) is 0 Å². The fraction of sp³-hybridized carbons (Fsp3) is 0.545. The van der Waals surface area contributed by atoms with E-state index in [2.05, 4.69) is 46.1 Å². The first-order valence-corrected chi connectivity index (χ1v) is 11.1. The van der Waals surface area contributed by atoms with Crippen molar-refractivity contribution in [3.63, 3.8) is 0 Å². The van der Waals surface area contributed by atoms with Gasteiger partial charge in [0.05, 0.1) is 12.7 Å². The van der Waals surface area contributed by atoms with Crippen molar-refractivity contribution in [3.8, 4) is 0 Å². The highest BCUT2D eigenvalue weighted by Crippen LogP contribution is 2.36. The maximum absolute atomic E-state index is 4.40. The lowest BCUT2D eigenvalue weighted by Gasteiger charge is -2.27. The van der Waals surface area contributed by atoms with Crippen LogP contribution < -0.4 is 0 Å². The minimum Gasteiger partial charge on any atom is -0.310 e. The van der Waals surface area contributed by atoms with Gasteiger partial charge in [0.1, 0.15) is 0 Å². The predicted octanol–water partition coefficient (Wildman–Crippen LogP) is 6.35. The van der Waals surface area contributed by atoms with Crippen LogP contribution in [0.1, 0.15) is 65.2 Å². The Morgan fingerprint density at radius 1 is 0.815 bits per heavy atom. The first kappa shape index (κ1) is 21.5. The predicted molar refractivity (Wildman–Crippen MR) is 119 cm³/mol. The lowest BCUT2D eigenvalue weighted by molar-refractivity contribution is 0.665. The molecule has 4 nitrogen and oxygen atoms in total. The molecule has 27 heavy (non-hydrogen) atoms. The van der Waals surface area contributed by atoms with Crippen LogP contribution >= 0.6 is 11.8 Å². The molecule has 0 amide bonds. The number of hydrogen-bond acceptors (Lipinski definition) is 3. The van der Waals surface area contributed by atoms with E-state index in [1.54, 1.807) is 0 Å². The van der Waals surface area contributed by atoms with Crippen LogP contribution in [0.2, 0.25) is 0 Å². The van der Waals surface area contributed by atoms with Gasteiger partial charge in [-0.05, 0) is 12.8 Å². The molecule has 2 atom stereocenters. The van der Waals surface area contributed by atoms with E-state index < -0.39 is 0 Å². The van der Waals surface area contributed by atoms with Crippen LogP contribution in [0.15, 0.2) is 50.6 Å². The highest BCUT2D eigenvalue weighted by atomic mass is 32.2. The molecule has 0 fully saturated rings. The van der Waals surface area contributed by atoms with E-state index in [0.717, 1.165) is 24.2 Å². The standard InChI is InChI=1S/C22H34N4S/c1-5-7-9-11-21(19(3)25-15-13-23-17-25)27-22(12-10-8-6-2)20(4)26-16-14-24-18-26/h13-18,21-22H,3-12H2,1-2H3. The van der Waals surface area contributed by atoms with E-state index in [4.69, 9.17) is 0 Å². The number of hydrogen-bond donors (Lipinski definition) is 0. The number of thioether (sulfide) groups is 1. The highest BCUT2D eigenvalue weighted by molar-refractivity contribution is 8.01. The van der Waals surface area contributed by atoms with Gasteiger partial charge in [-0.1, -0.05) is 65.5 Å². The lowest BCUT2D eigenvalue weighted by Crippen LogP contribution is -2.18. The maximum Gasteiger partial charge on any atom is 0.0989 e. The number of unbranched alkanes of at least 4 members (excludes halogenated alkanes) is 4. The summed E-state index contributed by atoms with van der Waals surface area (Å²) in [5.74, 6) is 0. The van der Waals surface area contributed by atoms with Gasteiger partial charge >= 0.3 is 0 Å². The molecule has 0 bridgehead atoms. The highest BCUT2D eigenvalue weighted by Gasteiger charge is 2.23. The second-order valence-electron chi connectivity index (χ2n) is 7.03. The van der Waals surface area contributed by atoms with Crippen LogP contribution in [0.5, 0.6) is 0 Å². The summed E-state index contributed by atoms with van der Waals surface area (Å²) in [6, 6.07) is 0. The monoisotopic (exact) mass is 386 g/mol. The fourth-order valence-corrected chi connectivity index (χ4v) is 4.73. The van der Waals surface area contributed by atoms with E-state index >= 15 is 0 Å². The quantitative estimate of drug-likeness (QED) is 0.355. The molecule has 0 aliphatic rings. The van der Waals surface area contributed by atoms with Gasteiger partial charge in [-0.2, -0.15) is 0 Å². The molecule has 2 aromatic rings. The molecule has 0 aromatic carbocycles. The molecule has 2 unspecified atom stereocenters. The smallest absolute Gasteiger partial charge is 0.0989 e. The number of nitrogens with zero attached hydrogens (tertiary/aromatic N) is 4. The van der Waals surface area contributed by atoms with Gasteiger partial charge < -0.3 is 9.13 Å². The molecule has 0 radical (unpaired) electrons. The molecule has 0 spiro atoms. The summed E-state index contributed by atoms with van der Waals surface area (Å²) < 4.78 is 4.12. The van der Waals surface area contributed by atoms with Gasteiger partial charge in [0.25, 0.3) is 0 Å². The molecule has 5 heteroatoms. The van der Waals surface area contributed by atoms with Crippen LogP contribution in [0.25, 0.3) is 11.4 Å². The number of rotatable bonds is 14. The van der Waals surface area contributed by atoms with E-state index in [1.807, 2.05) is 49.2 Å². The van der Waals surface area contributed by atoms with Gasteiger partial charge in [0.15, 0.2) is 0 Å². The van der Waals surface area contributed by atoms with E-state index in [-0.39, 0.29) is 0 Å². The SMILES string of the molecule is C=C(C(CCCCC)SC(CCCCC)C(=C)n1ccnc1)n1ccnc1. The third-order valence-corrected chi connectivity index (χ3v) is 6.56. The van der Waals surface area contributed by atoms with Crippen molar-refractivity contribution in [2.75, 3.05) is 0 Å². The lowest BCUT2D eigenvalue weighted by atomic mass is 10.1. The molecule has 0 aliphatic carbocycles. The molecule has 2 aromatic heterocycles. The van der Waals surface area contributed by atoms with Crippen LogP contribution in [-0.4, -0.2) is 29.6 Å². The topological polar surface area (TPSA) is 35.6 Å². The summed E-state index contributed by atoms with van der Waals surface area (Å²) in [6.45, 7) is 13.3. The van der Waals surface area contributed by atoms with Gasteiger partial charge in [0.2, 0.25) is 0 Å². The molecular weight excluding hydrogens is 352 g/mol. The molecule has 0 saturated heterocycles. The zero-order valence-corrected chi connectivity index (χ0v) is 17.7. The van der Waals surface area contributed by atoms with Crippen molar-refractivity contribution in [2.24, 2.45) is 0 Å². The fourth-order valence-electron chi connectivity index (χ4n) is 3.17. The van der Waals surface area contributed by atoms with Crippen molar-refractivity contribution in [3.05, 3.63) is 50.6 Å². The van der Waals surface area contributed by atoms with E-state index in [0.29, 0.717) is 10.5 Å². The van der Waals surface area contributed by atoms with Gasteiger partial charge in [0, 0.05) is 46.7 Å². The molecule has 0 saturated carbocycles. The van der Waals surface area contributed by atoms with Crippen LogP contribution in [0.4, 0.5) is 0 Å². The Morgan fingerprint density at radius 2 is 1.26 bits per heavy atom. The molecule has 0 aliphatic heterocycles. The average molecular weight is 387 g/mol. The zero-order valence-electron chi connectivity index (χ0n) is 16.9. The average Bonchev–Trinajstić information content (AvgIpc) is 3.39. The summed E-state index contributed by atoms with van der Waals surface area (Å²) >= 11 is 2.01. The molecule has 2 rings (SSSR count). The second-order valence-corrected chi connectivity index (χ2v) is 8.44. The van der Waals surface area contributed by atoms with Crippen molar-refractivity contribution in [2.45, 2.75) is 75.7 Å². The normalized spacial score (nSPS) is 13.4. The first-order valence-electron chi connectivity index (χ1n) is 10.2. The summed E-state index contributed by atoms with van der Waals surface area (Å²) in [4.78, 5) is 8.40. The summed E-state index contributed by atoms with van der Waals surface area (Å²) in [5.41, 5.74) is 2.24. The molecular formula is C22H34N4S. The Kier molecular flexibility index (Phi) is 9.46. The van der Waals surface area contributed by atoms with Gasteiger partial charge in [-0.25, -0.2) is 9.97 Å². The summed E-state index contributed by atoms with van der Waals surface area (Å²) in [6.07, 6.45) is 21.0. The van der Waals surface area contributed by atoms with Crippen molar-refractivity contribution < 1.29 is 0 Å². The third kappa shape index (κ3) is 6.73. The molecule has 148 valence electrons. The zero-order chi connectivity index (χ0) is 19.5. The Bertz CT molecular complexity index is 602. The largest absolute Gasteiger partial charge is 0.310 e. The van der Waals surface area contributed by atoms with Crippen LogP contribution in [-0.2, 0) is 0 Å². The van der Waals surface area contributed by atoms with Crippen molar-refractivity contribution in [1.29, 1.82) is 0 Å². The first-order chi connectivity index (χ1) is 13.2. The van der Waals surface area contributed by atoms with Crippen LogP contribution in [0.3, 0.4) is 0 Å². The van der Waals surface area contributed by atoms with E-state index in [1.165, 1.54) is 38.5 Å². The minimum absolute atomic E-state index is 0.359. The third-order valence-electron chi connectivity index (χ3n) is 4.88. The Hall–Kier alpha value is -1.75. The van der Waals surface area contributed by atoms with Crippen LogP contribution in [0, 0.1) is 0 Å². The summed E-state index contributed by atoms with van der Waals surface area (Å²) in [5, 5.41) is 0.718.